The van der Waals surface area contributed by atoms with Crippen LogP contribution >= 0.6 is 0 Å². The van der Waals surface area contributed by atoms with Crippen LogP contribution in [0, 0.1) is 0 Å². The summed E-state index contributed by atoms with van der Waals surface area (Å²) in [5, 5.41) is 1.17. The molecule has 0 aliphatic rings. The summed E-state index contributed by atoms with van der Waals surface area (Å²) in [4.78, 5) is 19.2. The van der Waals surface area contributed by atoms with Crippen LogP contribution in [0.3, 0.4) is 0 Å². The van der Waals surface area contributed by atoms with E-state index in [1.165, 1.54) is 5.39 Å². The van der Waals surface area contributed by atoms with Crippen molar-refractivity contribution in [3.63, 3.8) is 0 Å². The number of rotatable bonds is 4. The minimum Gasteiger partial charge on any atom is -0.292 e. The van der Waals surface area contributed by atoms with Crippen molar-refractivity contribution < 1.29 is 0 Å². The summed E-state index contributed by atoms with van der Waals surface area (Å²) < 4.78 is 2.28. The number of benzene rings is 3. The molecule has 41 heavy (non-hydrogen) atoms. The highest BCUT2D eigenvalue weighted by Gasteiger charge is 2.15. The Morgan fingerprint density at radius 3 is 1.83 bits per heavy atom. The summed E-state index contributed by atoms with van der Waals surface area (Å²) in [6, 6.07) is 43.7. The third-order valence-electron chi connectivity index (χ3n) is 7.47. The van der Waals surface area contributed by atoms with Gasteiger partial charge in [0.15, 0.2) is 0 Å². The van der Waals surface area contributed by atoms with Gasteiger partial charge in [0.1, 0.15) is 5.65 Å². The van der Waals surface area contributed by atoms with Crippen molar-refractivity contribution >= 4 is 27.6 Å². The van der Waals surface area contributed by atoms with E-state index in [0.29, 0.717) is 0 Å². The number of pyridine rings is 4. The Bertz CT molecular complexity index is 2140. The molecule has 5 nitrogen and oxygen atoms in total. The second-order valence-corrected chi connectivity index (χ2v) is 10.0. The van der Waals surface area contributed by atoms with Gasteiger partial charge in [-0.15, -0.1) is 0 Å². The Kier molecular flexibility index (Phi) is 5.38. The van der Waals surface area contributed by atoms with E-state index in [0.717, 1.165) is 67.2 Å². The summed E-state index contributed by atoms with van der Waals surface area (Å²) in [5.41, 5.74) is 11.8. The monoisotopic (exact) mass is 525 g/mol. The molecule has 0 aliphatic carbocycles. The van der Waals surface area contributed by atoms with E-state index in [1.54, 1.807) is 12.4 Å². The minimum atomic E-state index is 0.807. The summed E-state index contributed by atoms with van der Waals surface area (Å²) in [7, 11) is 0. The van der Waals surface area contributed by atoms with Crippen LogP contribution in [0.15, 0.2) is 140 Å². The first kappa shape index (κ1) is 23.2. The predicted molar refractivity (Wildman–Crippen MR) is 165 cm³/mol. The Morgan fingerprint density at radius 1 is 0.439 bits per heavy atom. The smallest absolute Gasteiger partial charge is 0.146 e. The van der Waals surface area contributed by atoms with Crippen molar-refractivity contribution in [2.45, 2.75) is 0 Å². The normalized spacial score (nSPS) is 11.4. The van der Waals surface area contributed by atoms with Crippen LogP contribution in [0.2, 0.25) is 0 Å². The molecule has 8 aromatic rings. The predicted octanol–water partition coefficient (Wildman–Crippen LogP) is 8.49. The van der Waals surface area contributed by atoms with Crippen LogP contribution in [0.1, 0.15) is 0 Å². The van der Waals surface area contributed by atoms with Gasteiger partial charge in [-0.3, -0.25) is 14.4 Å². The van der Waals surface area contributed by atoms with Gasteiger partial charge in [0, 0.05) is 18.0 Å². The van der Waals surface area contributed by atoms with Crippen molar-refractivity contribution in [3.05, 3.63) is 140 Å². The number of aromatic nitrogens is 5. The highest BCUT2D eigenvalue weighted by Crippen LogP contribution is 2.35. The zero-order valence-corrected chi connectivity index (χ0v) is 22.0. The Hall–Kier alpha value is -5.68. The van der Waals surface area contributed by atoms with Crippen molar-refractivity contribution in [1.29, 1.82) is 0 Å². The SMILES string of the molecule is c1ccc(-c2cc(-c3cccc(-c4cc5ccccc5n5c4nc4ccccc45)c3)cc(-c3ccccn3)n2)nc1. The first-order valence-corrected chi connectivity index (χ1v) is 13.6. The highest BCUT2D eigenvalue weighted by molar-refractivity contribution is 5.98. The van der Waals surface area contributed by atoms with Gasteiger partial charge in [-0.1, -0.05) is 60.7 Å². The molecule has 0 saturated carbocycles. The average Bonchev–Trinajstić information content (AvgIpc) is 3.45. The van der Waals surface area contributed by atoms with Crippen LogP contribution in [-0.4, -0.2) is 24.3 Å². The van der Waals surface area contributed by atoms with Gasteiger partial charge in [0.2, 0.25) is 0 Å². The lowest BCUT2D eigenvalue weighted by atomic mass is 9.97. The largest absolute Gasteiger partial charge is 0.292 e. The molecular weight excluding hydrogens is 502 g/mol. The zero-order chi connectivity index (χ0) is 27.2. The quantitative estimate of drug-likeness (QED) is 0.231. The standard InChI is InChI=1S/C36H23N5/c1-3-16-34-26(10-1)21-28(36-40-31-15-2-4-17-35(31)41(34)36)25-12-9-11-24(20-25)27-22-32(29-13-5-7-18-37-29)39-33(23-27)30-14-6-8-19-38-30/h1-23H. The molecule has 0 N–H and O–H groups in total. The molecule has 5 aromatic heterocycles. The number of nitrogens with zero attached hydrogens (tertiary/aromatic N) is 5. The average molecular weight is 526 g/mol. The molecule has 0 radical (unpaired) electrons. The van der Waals surface area contributed by atoms with Gasteiger partial charge in [0.25, 0.3) is 0 Å². The second kappa shape index (κ2) is 9.50. The lowest BCUT2D eigenvalue weighted by Crippen LogP contribution is -1.94. The molecule has 0 fully saturated rings. The first-order valence-electron chi connectivity index (χ1n) is 13.6. The van der Waals surface area contributed by atoms with Gasteiger partial charge in [-0.25, -0.2) is 9.97 Å². The molecule has 8 rings (SSSR count). The maximum atomic E-state index is 5.09. The van der Waals surface area contributed by atoms with Crippen molar-refractivity contribution in [1.82, 2.24) is 24.3 Å². The van der Waals surface area contributed by atoms with Crippen LogP contribution in [0.5, 0.6) is 0 Å². The number of imidazole rings is 1. The molecule has 0 spiro atoms. The maximum Gasteiger partial charge on any atom is 0.146 e. The topological polar surface area (TPSA) is 56.0 Å². The molecule has 5 heterocycles. The molecule has 0 bridgehead atoms. The fraction of sp³-hybridized carbons (Fsp3) is 0. The summed E-state index contributed by atoms with van der Waals surface area (Å²) in [5.74, 6) is 0. The van der Waals surface area contributed by atoms with Gasteiger partial charge in [-0.05, 0) is 88.8 Å². The Morgan fingerprint density at radius 2 is 1.10 bits per heavy atom. The number of hydrogen-bond acceptors (Lipinski definition) is 4. The molecule has 0 saturated heterocycles. The van der Waals surface area contributed by atoms with Crippen LogP contribution in [0.25, 0.3) is 72.6 Å². The van der Waals surface area contributed by atoms with Crippen LogP contribution in [-0.2, 0) is 0 Å². The van der Waals surface area contributed by atoms with E-state index < -0.39 is 0 Å². The van der Waals surface area contributed by atoms with Crippen molar-refractivity contribution in [3.8, 4) is 45.0 Å². The van der Waals surface area contributed by atoms with E-state index in [-0.39, 0.29) is 0 Å². The molecule has 0 amide bonds. The maximum absolute atomic E-state index is 5.09. The van der Waals surface area contributed by atoms with Gasteiger partial charge in [0.05, 0.1) is 39.3 Å². The van der Waals surface area contributed by atoms with Gasteiger partial charge >= 0.3 is 0 Å². The lowest BCUT2D eigenvalue weighted by Gasteiger charge is -2.12. The Balaban J connectivity index is 1.35. The minimum absolute atomic E-state index is 0.807. The lowest BCUT2D eigenvalue weighted by molar-refractivity contribution is 1.22. The van der Waals surface area contributed by atoms with Crippen molar-refractivity contribution in [2.24, 2.45) is 0 Å². The number of fused-ring (bicyclic) bond motifs is 5. The Labute approximate surface area is 236 Å². The van der Waals surface area contributed by atoms with Crippen LogP contribution in [0.4, 0.5) is 0 Å². The number of hydrogen-bond donors (Lipinski definition) is 0. The fourth-order valence-corrected chi connectivity index (χ4v) is 5.55. The molecule has 3 aromatic carbocycles. The summed E-state index contributed by atoms with van der Waals surface area (Å²) in [6.45, 7) is 0. The second-order valence-electron chi connectivity index (χ2n) is 10.0. The third kappa shape index (κ3) is 4.03. The summed E-state index contributed by atoms with van der Waals surface area (Å²) >= 11 is 0. The van der Waals surface area contributed by atoms with E-state index in [4.69, 9.17) is 9.97 Å². The fourth-order valence-electron chi connectivity index (χ4n) is 5.55. The zero-order valence-electron chi connectivity index (χ0n) is 22.0. The van der Waals surface area contributed by atoms with E-state index in [1.807, 2.05) is 42.5 Å². The third-order valence-corrected chi connectivity index (χ3v) is 7.47. The van der Waals surface area contributed by atoms with Gasteiger partial charge in [-0.2, -0.15) is 0 Å². The van der Waals surface area contributed by atoms with E-state index in [9.17, 15) is 0 Å². The van der Waals surface area contributed by atoms with Gasteiger partial charge < -0.3 is 0 Å². The highest BCUT2D eigenvalue weighted by atomic mass is 15.0. The molecule has 0 atom stereocenters. The van der Waals surface area contributed by atoms with Crippen molar-refractivity contribution in [2.75, 3.05) is 0 Å². The van der Waals surface area contributed by atoms with Crippen LogP contribution < -0.4 is 0 Å². The molecule has 0 unspecified atom stereocenters. The molecule has 5 heteroatoms. The first-order chi connectivity index (χ1) is 20.3. The van der Waals surface area contributed by atoms with E-state index in [2.05, 4.69) is 99.3 Å². The van der Waals surface area contributed by atoms with E-state index >= 15 is 0 Å². The summed E-state index contributed by atoms with van der Waals surface area (Å²) in [6.07, 6.45) is 3.59. The molecular formula is C36H23N5. The molecule has 0 aliphatic heterocycles. The molecule has 192 valence electrons. The number of para-hydroxylation sites is 3.